The van der Waals surface area contributed by atoms with Crippen LogP contribution in [0.5, 0.6) is 0 Å². The molecule has 0 saturated carbocycles. The molecule has 2 aromatic carbocycles. The van der Waals surface area contributed by atoms with Crippen LogP contribution >= 0.6 is 27.5 Å². The van der Waals surface area contributed by atoms with Gasteiger partial charge in [-0.3, -0.25) is 14.5 Å². The Balaban J connectivity index is 1.84. The molecule has 1 heterocycles. The first-order valence-corrected chi connectivity index (χ1v) is 9.52. The second kappa shape index (κ2) is 8.20. The van der Waals surface area contributed by atoms with Crippen LogP contribution in [-0.2, 0) is 4.79 Å². The van der Waals surface area contributed by atoms with Crippen molar-refractivity contribution >= 4 is 45.0 Å². The van der Waals surface area contributed by atoms with E-state index < -0.39 is 5.91 Å². The van der Waals surface area contributed by atoms with Crippen LogP contribution in [0, 0.1) is 0 Å². The van der Waals surface area contributed by atoms with Gasteiger partial charge in [0, 0.05) is 10.2 Å². The fourth-order valence-electron chi connectivity index (χ4n) is 3.18. The van der Waals surface area contributed by atoms with Crippen LogP contribution in [-0.4, -0.2) is 29.8 Å². The molecule has 3 rings (SSSR count). The zero-order valence-corrected chi connectivity index (χ0v) is 16.4. The van der Waals surface area contributed by atoms with E-state index in [-0.39, 0.29) is 22.5 Å². The molecular weight excluding hydrogens is 418 g/mol. The number of benzene rings is 2. The molecule has 1 fully saturated rings. The lowest BCUT2D eigenvalue weighted by Crippen LogP contribution is -2.35. The summed E-state index contributed by atoms with van der Waals surface area (Å²) in [5.74, 6) is -0.727. The van der Waals surface area contributed by atoms with Crippen molar-refractivity contribution in [3.05, 3.63) is 63.1 Å². The molecule has 0 aliphatic carbocycles. The predicted octanol–water partition coefficient (Wildman–Crippen LogP) is 3.98. The summed E-state index contributed by atoms with van der Waals surface area (Å²) in [6.07, 6.45) is 2.17. The van der Waals surface area contributed by atoms with E-state index in [1.54, 1.807) is 12.1 Å². The summed E-state index contributed by atoms with van der Waals surface area (Å²) in [6, 6.07) is 12.1. The Hall–Kier alpha value is -1.89. The van der Waals surface area contributed by atoms with Crippen molar-refractivity contribution in [3.8, 4) is 0 Å². The minimum atomic E-state index is -0.599. The summed E-state index contributed by atoms with van der Waals surface area (Å²) in [5.41, 5.74) is 6.97. The summed E-state index contributed by atoms with van der Waals surface area (Å²) in [5, 5.41) is 3.13. The summed E-state index contributed by atoms with van der Waals surface area (Å²) in [7, 11) is 0. The van der Waals surface area contributed by atoms with E-state index >= 15 is 0 Å². The normalized spacial score (nSPS) is 15.6. The maximum atomic E-state index is 13.0. The van der Waals surface area contributed by atoms with Gasteiger partial charge in [-0.15, -0.1) is 0 Å². The molecule has 0 radical (unpaired) electrons. The van der Waals surface area contributed by atoms with Gasteiger partial charge in [0.2, 0.25) is 11.8 Å². The van der Waals surface area contributed by atoms with Crippen LogP contribution in [0.25, 0.3) is 0 Å². The number of rotatable bonds is 5. The van der Waals surface area contributed by atoms with Gasteiger partial charge in [0.15, 0.2) is 0 Å². The van der Waals surface area contributed by atoms with Crippen molar-refractivity contribution in [1.29, 1.82) is 0 Å². The quantitative estimate of drug-likeness (QED) is 0.744. The molecule has 3 N–H and O–H groups in total. The maximum Gasteiger partial charge on any atom is 0.250 e. The van der Waals surface area contributed by atoms with E-state index in [0.717, 1.165) is 36.0 Å². The second-order valence-corrected chi connectivity index (χ2v) is 7.57. The van der Waals surface area contributed by atoms with Crippen LogP contribution < -0.4 is 11.1 Å². The first-order valence-electron chi connectivity index (χ1n) is 8.35. The van der Waals surface area contributed by atoms with Gasteiger partial charge in [-0.1, -0.05) is 39.7 Å². The number of nitrogens with one attached hydrogen (secondary N) is 1. The van der Waals surface area contributed by atoms with Crippen molar-refractivity contribution < 1.29 is 9.59 Å². The number of amides is 2. The molecule has 2 aromatic rings. The standard InChI is InChI=1S/C19H19BrClN3O2/c20-13-5-3-12(4-6-13)17(24-9-1-2-10-24)19(26)23-14-7-8-15(18(22)25)16(21)11-14/h3-8,11,17H,1-2,9-10H2,(H2,22,25)(H,23,26)/t17-/m0/s1. The molecule has 1 aliphatic rings. The molecule has 0 spiro atoms. The van der Waals surface area contributed by atoms with Crippen molar-refractivity contribution in [3.63, 3.8) is 0 Å². The molecule has 5 nitrogen and oxygen atoms in total. The number of hydrogen-bond donors (Lipinski definition) is 2. The third-order valence-electron chi connectivity index (χ3n) is 4.44. The van der Waals surface area contributed by atoms with Crippen molar-refractivity contribution in [2.24, 2.45) is 5.73 Å². The average molecular weight is 437 g/mol. The lowest BCUT2D eigenvalue weighted by Gasteiger charge is -2.27. The van der Waals surface area contributed by atoms with E-state index in [9.17, 15) is 9.59 Å². The second-order valence-electron chi connectivity index (χ2n) is 6.25. The minimum absolute atomic E-state index is 0.128. The Labute approximate surface area is 165 Å². The summed E-state index contributed by atoms with van der Waals surface area (Å²) >= 11 is 9.51. The van der Waals surface area contributed by atoms with Crippen LogP contribution in [0.15, 0.2) is 46.9 Å². The van der Waals surface area contributed by atoms with E-state index in [2.05, 4.69) is 26.1 Å². The monoisotopic (exact) mass is 435 g/mol. The van der Waals surface area contributed by atoms with Crippen molar-refractivity contribution in [2.45, 2.75) is 18.9 Å². The molecule has 1 saturated heterocycles. The summed E-state index contributed by atoms with van der Waals surface area (Å²) in [6.45, 7) is 1.77. The molecule has 136 valence electrons. The number of hydrogen-bond acceptors (Lipinski definition) is 3. The Bertz CT molecular complexity index is 820. The van der Waals surface area contributed by atoms with Gasteiger partial charge in [0.05, 0.1) is 10.6 Å². The highest BCUT2D eigenvalue weighted by Gasteiger charge is 2.29. The van der Waals surface area contributed by atoms with Gasteiger partial charge in [-0.2, -0.15) is 0 Å². The van der Waals surface area contributed by atoms with Crippen molar-refractivity contribution in [1.82, 2.24) is 4.90 Å². The molecular formula is C19H19BrClN3O2. The topological polar surface area (TPSA) is 75.4 Å². The predicted molar refractivity (Wildman–Crippen MR) is 106 cm³/mol. The molecule has 7 heteroatoms. The Morgan fingerprint density at radius 2 is 1.77 bits per heavy atom. The van der Waals surface area contributed by atoms with Gasteiger partial charge in [0.25, 0.3) is 0 Å². The Morgan fingerprint density at radius 3 is 2.35 bits per heavy atom. The highest BCUT2D eigenvalue weighted by atomic mass is 79.9. The lowest BCUT2D eigenvalue weighted by atomic mass is 10.0. The van der Waals surface area contributed by atoms with Crippen LogP contribution in [0.4, 0.5) is 5.69 Å². The first kappa shape index (κ1) is 18.9. The third-order valence-corrected chi connectivity index (χ3v) is 5.28. The van der Waals surface area contributed by atoms with Gasteiger partial charge < -0.3 is 11.1 Å². The van der Waals surface area contributed by atoms with Crippen LogP contribution in [0.1, 0.15) is 34.8 Å². The fraction of sp³-hybridized carbons (Fsp3) is 0.263. The molecule has 1 aliphatic heterocycles. The van der Waals surface area contributed by atoms with Gasteiger partial charge >= 0.3 is 0 Å². The summed E-state index contributed by atoms with van der Waals surface area (Å²) < 4.78 is 0.968. The minimum Gasteiger partial charge on any atom is -0.366 e. The number of likely N-dealkylation sites (tertiary alicyclic amines) is 1. The average Bonchev–Trinajstić information content (AvgIpc) is 3.10. The number of carbonyl (C=O) groups excluding carboxylic acids is 2. The zero-order chi connectivity index (χ0) is 18.7. The van der Waals surface area contributed by atoms with Crippen molar-refractivity contribution in [2.75, 3.05) is 18.4 Å². The van der Waals surface area contributed by atoms with E-state index in [4.69, 9.17) is 17.3 Å². The number of nitrogens with zero attached hydrogens (tertiary/aromatic N) is 1. The highest BCUT2D eigenvalue weighted by molar-refractivity contribution is 9.10. The van der Waals surface area contributed by atoms with Crippen LogP contribution in [0.3, 0.4) is 0 Å². The lowest BCUT2D eigenvalue weighted by molar-refractivity contribution is -0.121. The molecule has 0 unspecified atom stereocenters. The Kier molecular flexibility index (Phi) is 5.96. The molecule has 26 heavy (non-hydrogen) atoms. The number of primary amides is 1. The maximum absolute atomic E-state index is 13.0. The molecule has 0 bridgehead atoms. The van der Waals surface area contributed by atoms with E-state index in [0.29, 0.717) is 5.69 Å². The number of nitrogens with two attached hydrogens (primary N) is 1. The van der Waals surface area contributed by atoms with Crippen LogP contribution in [0.2, 0.25) is 5.02 Å². The number of halogens is 2. The zero-order valence-electron chi connectivity index (χ0n) is 14.0. The largest absolute Gasteiger partial charge is 0.366 e. The fourth-order valence-corrected chi connectivity index (χ4v) is 3.71. The summed E-state index contributed by atoms with van der Waals surface area (Å²) in [4.78, 5) is 26.5. The van der Waals surface area contributed by atoms with Gasteiger partial charge in [-0.05, 0) is 61.8 Å². The van der Waals surface area contributed by atoms with Gasteiger partial charge in [0.1, 0.15) is 6.04 Å². The van der Waals surface area contributed by atoms with E-state index in [1.165, 1.54) is 6.07 Å². The smallest absolute Gasteiger partial charge is 0.250 e. The first-order chi connectivity index (χ1) is 12.5. The number of carbonyl (C=O) groups is 2. The molecule has 2 amide bonds. The van der Waals surface area contributed by atoms with E-state index in [1.807, 2.05) is 24.3 Å². The SMILES string of the molecule is NC(=O)c1ccc(NC(=O)[C@H](c2ccc(Br)cc2)N2CCCC2)cc1Cl. The Morgan fingerprint density at radius 1 is 1.12 bits per heavy atom. The third kappa shape index (κ3) is 4.26. The number of anilines is 1. The molecule has 0 aromatic heterocycles. The highest BCUT2D eigenvalue weighted by Crippen LogP contribution is 2.28. The molecule has 1 atom stereocenters. The van der Waals surface area contributed by atoms with Gasteiger partial charge in [-0.25, -0.2) is 0 Å².